The van der Waals surface area contributed by atoms with Gasteiger partial charge in [-0.25, -0.2) is 4.79 Å². The monoisotopic (exact) mass is 455 g/mol. The van der Waals surface area contributed by atoms with Gasteiger partial charge in [-0.05, 0) is 37.3 Å². The van der Waals surface area contributed by atoms with Crippen LogP contribution in [-0.4, -0.2) is 48.9 Å². The second-order valence-corrected chi connectivity index (χ2v) is 7.36. The van der Waals surface area contributed by atoms with Crippen molar-refractivity contribution in [1.29, 1.82) is 0 Å². The highest BCUT2D eigenvalue weighted by Gasteiger charge is 2.36. The summed E-state index contributed by atoms with van der Waals surface area (Å²) in [6.45, 7) is 1.05. The number of anilines is 2. The molecule has 0 aliphatic carbocycles. The van der Waals surface area contributed by atoms with Crippen LogP contribution in [-0.2, 0) is 23.9 Å². The van der Waals surface area contributed by atoms with Crippen LogP contribution in [0.15, 0.2) is 42.5 Å². The Morgan fingerprint density at radius 3 is 2.52 bits per heavy atom. The molecule has 0 aromatic heterocycles. The predicted octanol–water partition coefficient (Wildman–Crippen LogP) is 2.22. The van der Waals surface area contributed by atoms with Crippen molar-refractivity contribution < 1.29 is 33.6 Å². The number of nitrogens with zero attached hydrogens (tertiary/aromatic N) is 2. The summed E-state index contributed by atoms with van der Waals surface area (Å²) in [4.78, 5) is 60.2. The minimum absolute atomic E-state index is 0.0704. The highest BCUT2D eigenvalue weighted by Crippen LogP contribution is 2.26. The Morgan fingerprint density at radius 2 is 1.88 bits per heavy atom. The molecule has 11 nitrogen and oxygen atoms in total. The van der Waals surface area contributed by atoms with Crippen LogP contribution in [0.4, 0.5) is 17.1 Å². The summed E-state index contributed by atoms with van der Waals surface area (Å²) in [6, 6.07) is 10.4. The fourth-order valence-corrected chi connectivity index (χ4v) is 3.35. The maximum atomic E-state index is 12.4. The molecule has 1 aliphatic rings. The number of carbonyl (C=O) groups excluding carboxylic acids is 4. The molecule has 2 amide bonds. The van der Waals surface area contributed by atoms with E-state index in [1.807, 2.05) is 0 Å². The topological polar surface area (TPSA) is 145 Å². The zero-order valence-electron chi connectivity index (χ0n) is 17.9. The molecular weight excluding hydrogens is 434 g/mol. The van der Waals surface area contributed by atoms with E-state index in [-0.39, 0.29) is 30.2 Å². The summed E-state index contributed by atoms with van der Waals surface area (Å²) < 4.78 is 9.67. The van der Waals surface area contributed by atoms with Gasteiger partial charge in [-0.3, -0.25) is 24.5 Å². The number of nitro groups is 1. The van der Waals surface area contributed by atoms with E-state index < -0.39 is 35.3 Å². The second-order valence-electron chi connectivity index (χ2n) is 7.36. The quantitative estimate of drug-likeness (QED) is 0.380. The van der Waals surface area contributed by atoms with Crippen molar-refractivity contribution >= 4 is 40.8 Å². The molecule has 3 rings (SSSR count). The number of benzene rings is 2. The number of methoxy groups -OCH3 is 1. The Morgan fingerprint density at radius 1 is 1.18 bits per heavy atom. The molecule has 1 fully saturated rings. The third-order valence-corrected chi connectivity index (χ3v) is 5.09. The highest BCUT2D eigenvalue weighted by atomic mass is 16.6. The number of esters is 2. The van der Waals surface area contributed by atoms with Gasteiger partial charge in [-0.1, -0.05) is 6.07 Å². The van der Waals surface area contributed by atoms with Crippen LogP contribution < -0.4 is 10.2 Å². The number of nitro benzene ring substituents is 1. The molecule has 33 heavy (non-hydrogen) atoms. The van der Waals surface area contributed by atoms with Gasteiger partial charge in [-0.2, -0.15) is 0 Å². The maximum absolute atomic E-state index is 12.4. The van der Waals surface area contributed by atoms with Gasteiger partial charge in [0, 0.05) is 36.0 Å². The van der Waals surface area contributed by atoms with Crippen LogP contribution in [0.25, 0.3) is 0 Å². The summed E-state index contributed by atoms with van der Waals surface area (Å²) in [6.07, 6.45) is -0.0800. The molecule has 172 valence electrons. The van der Waals surface area contributed by atoms with Gasteiger partial charge in [0.05, 0.1) is 23.5 Å². The van der Waals surface area contributed by atoms with Crippen molar-refractivity contribution in [3.05, 3.63) is 63.7 Å². The molecule has 0 saturated carbocycles. The van der Waals surface area contributed by atoms with Gasteiger partial charge in [0.1, 0.15) is 0 Å². The zero-order chi connectivity index (χ0) is 24.1. The SMILES string of the molecule is COC(=O)c1ccc(N2C[C@@H](C(=O)OCC(=O)Nc3ccc(C)c([N+](=O)[O-])c3)CC2=O)cc1. The van der Waals surface area contributed by atoms with E-state index in [4.69, 9.17) is 4.74 Å². The molecule has 0 bridgehead atoms. The molecule has 0 unspecified atom stereocenters. The molecule has 11 heteroatoms. The van der Waals surface area contributed by atoms with Gasteiger partial charge in [0.25, 0.3) is 11.6 Å². The molecule has 1 atom stereocenters. The smallest absolute Gasteiger partial charge is 0.337 e. The summed E-state index contributed by atoms with van der Waals surface area (Å²) in [7, 11) is 1.27. The van der Waals surface area contributed by atoms with E-state index in [2.05, 4.69) is 10.1 Å². The molecule has 0 spiro atoms. The second kappa shape index (κ2) is 9.90. The van der Waals surface area contributed by atoms with E-state index >= 15 is 0 Å². The van der Waals surface area contributed by atoms with Crippen LogP contribution in [0, 0.1) is 23.0 Å². The Hall–Kier alpha value is -4.28. The number of nitrogens with one attached hydrogen (secondary N) is 1. The molecule has 2 aromatic carbocycles. The first-order chi connectivity index (χ1) is 15.7. The number of aryl methyl sites for hydroxylation is 1. The fourth-order valence-electron chi connectivity index (χ4n) is 3.35. The van der Waals surface area contributed by atoms with E-state index in [9.17, 15) is 29.3 Å². The third-order valence-electron chi connectivity index (χ3n) is 5.09. The van der Waals surface area contributed by atoms with Gasteiger partial charge in [0.15, 0.2) is 6.61 Å². The van der Waals surface area contributed by atoms with Crippen LogP contribution in [0.2, 0.25) is 0 Å². The normalized spacial score (nSPS) is 15.2. The van der Waals surface area contributed by atoms with Gasteiger partial charge in [-0.15, -0.1) is 0 Å². The molecular formula is C22H21N3O8. The van der Waals surface area contributed by atoms with Crippen molar-refractivity contribution in [2.75, 3.05) is 30.5 Å². The minimum Gasteiger partial charge on any atom is -0.465 e. The maximum Gasteiger partial charge on any atom is 0.337 e. The molecule has 1 N–H and O–H groups in total. The summed E-state index contributed by atoms with van der Waals surface area (Å²) in [5, 5.41) is 13.4. The van der Waals surface area contributed by atoms with Crippen LogP contribution >= 0.6 is 0 Å². The first kappa shape index (κ1) is 23.4. The lowest BCUT2D eigenvalue weighted by Gasteiger charge is -2.16. The number of amides is 2. The van der Waals surface area contributed by atoms with Crippen LogP contribution in [0.5, 0.6) is 0 Å². The number of carbonyl (C=O) groups is 4. The van der Waals surface area contributed by atoms with Gasteiger partial charge >= 0.3 is 11.9 Å². The molecule has 1 aliphatic heterocycles. The predicted molar refractivity (Wildman–Crippen MR) is 116 cm³/mol. The fraction of sp³-hybridized carbons (Fsp3) is 0.273. The number of hydrogen-bond donors (Lipinski definition) is 1. The van der Waals surface area contributed by atoms with Crippen molar-refractivity contribution in [1.82, 2.24) is 0 Å². The van der Waals surface area contributed by atoms with Crippen molar-refractivity contribution in [3.63, 3.8) is 0 Å². The van der Waals surface area contributed by atoms with Gasteiger partial charge in [0.2, 0.25) is 5.91 Å². The van der Waals surface area contributed by atoms with Crippen molar-refractivity contribution in [2.45, 2.75) is 13.3 Å². The van der Waals surface area contributed by atoms with Crippen molar-refractivity contribution in [2.24, 2.45) is 5.92 Å². The zero-order valence-corrected chi connectivity index (χ0v) is 17.9. The standard InChI is InChI=1S/C22H21N3O8/c1-13-3-6-16(10-18(13)25(30)31)23-19(26)12-33-22(29)15-9-20(27)24(11-15)17-7-4-14(5-8-17)21(28)32-2/h3-8,10,15H,9,11-12H2,1-2H3,(H,23,26)/t15-/m0/s1. The van der Waals surface area contributed by atoms with E-state index in [0.717, 1.165) is 0 Å². The number of ether oxygens (including phenoxy) is 2. The van der Waals surface area contributed by atoms with E-state index in [1.54, 1.807) is 19.1 Å². The lowest BCUT2D eigenvalue weighted by molar-refractivity contribution is -0.385. The van der Waals surface area contributed by atoms with E-state index in [0.29, 0.717) is 16.8 Å². The van der Waals surface area contributed by atoms with Crippen LogP contribution in [0.3, 0.4) is 0 Å². The first-order valence-corrected chi connectivity index (χ1v) is 9.90. The Labute approximate surface area is 188 Å². The first-order valence-electron chi connectivity index (χ1n) is 9.90. The summed E-state index contributed by atoms with van der Waals surface area (Å²) in [5.41, 5.74) is 1.34. The number of rotatable bonds is 7. The molecule has 0 radical (unpaired) electrons. The summed E-state index contributed by atoms with van der Waals surface area (Å²) >= 11 is 0. The van der Waals surface area contributed by atoms with E-state index in [1.165, 1.54) is 42.3 Å². The average Bonchev–Trinajstić information content (AvgIpc) is 3.19. The number of hydrogen-bond acceptors (Lipinski definition) is 8. The van der Waals surface area contributed by atoms with Crippen molar-refractivity contribution in [3.8, 4) is 0 Å². The minimum atomic E-state index is -0.758. The summed E-state index contributed by atoms with van der Waals surface area (Å²) in [5.74, 6) is -2.93. The van der Waals surface area contributed by atoms with Gasteiger partial charge < -0.3 is 19.7 Å². The Bertz CT molecular complexity index is 1110. The molecule has 2 aromatic rings. The Kier molecular flexibility index (Phi) is 7.01. The lowest BCUT2D eigenvalue weighted by Crippen LogP contribution is -2.28. The Balaban J connectivity index is 1.54. The lowest BCUT2D eigenvalue weighted by atomic mass is 10.1. The highest BCUT2D eigenvalue weighted by molar-refractivity contribution is 6.00. The van der Waals surface area contributed by atoms with Crippen LogP contribution in [0.1, 0.15) is 22.3 Å². The average molecular weight is 455 g/mol. The largest absolute Gasteiger partial charge is 0.465 e. The molecule has 1 saturated heterocycles. The molecule has 1 heterocycles. The third kappa shape index (κ3) is 5.50.